The van der Waals surface area contributed by atoms with Gasteiger partial charge in [0, 0.05) is 25.9 Å². The Kier molecular flexibility index (Phi) is 5.51. The van der Waals surface area contributed by atoms with Crippen LogP contribution in [-0.2, 0) is 5.72 Å². The Morgan fingerprint density at radius 2 is 1.38 bits per heavy atom. The molecule has 1 aliphatic heterocycles. The number of halogens is 2. The molecule has 0 aromatic heterocycles. The number of aliphatic hydroxyl groups is 1. The lowest BCUT2D eigenvalue weighted by atomic mass is 9.92. The van der Waals surface area contributed by atoms with Crippen LogP contribution in [0.25, 0.3) is 0 Å². The molecule has 0 spiro atoms. The Balaban J connectivity index is 1.92. The minimum Gasteiger partial charge on any atom is -0.365 e. The molecular formula is C23H20Br2N2O2. The summed E-state index contributed by atoms with van der Waals surface area (Å²) in [6.07, 6.45) is 0.584. The number of benzene rings is 3. The van der Waals surface area contributed by atoms with Crippen molar-refractivity contribution in [3.63, 3.8) is 0 Å². The molecule has 148 valence electrons. The van der Waals surface area contributed by atoms with Crippen LogP contribution >= 0.6 is 31.9 Å². The van der Waals surface area contributed by atoms with Gasteiger partial charge in [-0.2, -0.15) is 0 Å². The highest BCUT2D eigenvalue weighted by Crippen LogP contribution is 2.45. The summed E-state index contributed by atoms with van der Waals surface area (Å²) in [6.45, 7) is 1.99. The maximum atomic E-state index is 13.7. The predicted molar refractivity (Wildman–Crippen MR) is 123 cm³/mol. The highest BCUT2D eigenvalue weighted by molar-refractivity contribution is 9.10. The fraction of sp³-hybridized carbons (Fsp3) is 0.174. The zero-order valence-corrected chi connectivity index (χ0v) is 19.0. The van der Waals surface area contributed by atoms with Gasteiger partial charge < -0.3 is 5.11 Å². The van der Waals surface area contributed by atoms with Gasteiger partial charge >= 0.3 is 6.03 Å². The Morgan fingerprint density at radius 3 is 1.90 bits per heavy atom. The molecule has 1 fully saturated rings. The first kappa shape index (κ1) is 20.1. The van der Waals surface area contributed by atoms with E-state index in [-0.39, 0.29) is 6.03 Å². The van der Waals surface area contributed by atoms with Crippen LogP contribution in [0.1, 0.15) is 18.9 Å². The molecule has 4 rings (SSSR count). The van der Waals surface area contributed by atoms with Gasteiger partial charge in [0.05, 0.1) is 6.04 Å². The van der Waals surface area contributed by atoms with Crippen molar-refractivity contribution in [1.82, 2.24) is 0 Å². The number of hydrogen-bond acceptors (Lipinski definition) is 2. The molecule has 1 saturated heterocycles. The van der Waals surface area contributed by atoms with E-state index in [0.717, 1.165) is 14.6 Å². The number of hydrogen-bond donors (Lipinski definition) is 1. The summed E-state index contributed by atoms with van der Waals surface area (Å²) >= 11 is 6.89. The Hall–Kier alpha value is -2.15. The van der Waals surface area contributed by atoms with Crippen LogP contribution in [-0.4, -0.2) is 17.2 Å². The second-order valence-corrected chi connectivity index (χ2v) is 8.79. The Labute approximate surface area is 187 Å². The maximum Gasteiger partial charge on any atom is 0.332 e. The van der Waals surface area contributed by atoms with Crippen molar-refractivity contribution in [1.29, 1.82) is 0 Å². The number of carbonyl (C=O) groups excluding carboxylic acids is 1. The SMILES string of the molecule is CC[C@H]1N(c2ccc(Br)cc2)C(=O)N(c2ccc(Br)cc2)C1(O)c1ccccc1. The van der Waals surface area contributed by atoms with E-state index in [9.17, 15) is 9.90 Å². The van der Waals surface area contributed by atoms with Crippen LogP contribution < -0.4 is 9.80 Å². The van der Waals surface area contributed by atoms with E-state index in [1.165, 1.54) is 4.90 Å². The molecule has 4 nitrogen and oxygen atoms in total. The molecule has 1 aliphatic rings. The summed E-state index contributed by atoms with van der Waals surface area (Å²) in [5.41, 5.74) is 0.568. The van der Waals surface area contributed by atoms with Crippen molar-refractivity contribution in [3.8, 4) is 0 Å². The highest BCUT2D eigenvalue weighted by Gasteiger charge is 2.57. The van der Waals surface area contributed by atoms with Crippen LogP contribution in [0.4, 0.5) is 16.2 Å². The molecule has 0 radical (unpaired) electrons. The summed E-state index contributed by atoms with van der Waals surface area (Å²) in [6, 6.07) is 23.7. The van der Waals surface area contributed by atoms with Crippen LogP contribution in [0.3, 0.4) is 0 Å². The fourth-order valence-corrected chi connectivity index (χ4v) is 4.51. The van der Waals surface area contributed by atoms with Gasteiger partial charge in [0.2, 0.25) is 0 Å². The standard InChI is InChI=1S/C23H20Br2N2O2/c1-2-21-23(29,16-6-4-3-5-7-16)27(20-14-10-18(25)11-15-20)22(28)26(21)19-12-8-17(24)9-13-19/h3-15,21,29H,2H2,1H3/t21-,23?/m1/s1. The van der Waals surface area contributed by atoms with Gasteiger partial charge in [-0.05, 0) is 55.0 Å². The molecule has 2 atom stereocenters. The molecule has 6 heteroatoms. The quantitative estimate of drug-likeness (QED) is 0.444. The van der Waals surface area contributed by atoms with Gasteiger partial charge in [0.15, 0.2) is 5.72 Å². The molecular weight excluding hydrogens is 496 g/mol. The van der Waals surface area contributed by atoms with Gasteiger partial charge in [-0.15, -0.1) is 0 Å². The molecule has 0 aliphatic carbocycles. The zero-order valence-electron chi connectivity index (χ0n) is 15.8. The van der Waals surface area contributed by atoms with Crippen molar-refractivity contribution in [2.75, 3.05) is 9.80 Å². The molecule has 2 amide bonds. The lowest BCUT2D eigenvalue weighted by Gasteiger charge is -2.37. The molecule has 3 aromatic carbocycles. The number of amides is 2. The number of anilines is 2. The normalized spacial score (nSPS) is 21.7. The maximum absolute atomic E-state index is 13.7. The van der Waals surface area contributed by atoms with Gasteiger partial charge in [0.25, 0.3) is 0 Å². The molecule has 3 aromatic rings. The van der Waals surface area contributed by atoms with E-state index in [0.29, 0.717) is 17.7 Å². The second kappa shape index (κ2) is 7.94. The number of rotatable bonds is 4. The van der Waals surface area contributed by atoms with Crippen molar-refractivity contribution < 1.29 is 9.90 Å². The third-order valence-corrected chi connectivity index (χ3v) is 6.35. The molecule has 0 saturated carbocycles. The summed E-state index contributed by atoms with van der Waals surface area (Å²) in [4.78, 5) is 16.9. The van der Waals surface area contributed by atoms with Crippen LogP contribution in [0.2, 0.25) is 0 Å². The zero-order chi connectivity index (χ0) is 20.6. The third-order valence-electron chi connectivity index (χ3n) is 5.29. The fourth-order valence-electron chi connectivity index (χ4n) is 3.98. The first-order valence-electron chi connectivity index (χ1n) is 9.39. The van der Waals surface area contributed by atoms with E-state index < -0.39 is 11.8 Å². The predicted octanol–water partition coefficient (Wildman–Crippen LogP) is 6.28. The van der Waals surface area contributed by atoms with Crippen molar-refractivity contribution in [3.05, 3.63) is 93.4 Å². The summed E-state index contributed by atoms with van der Waals surface area (Å²) in [5.74, 6) is 0. The van der Waals surface area contributed by atoms with Gasteiger partial charge in [-0.25, -0.2) is 4.79 Å². The van der Waals surface area contributed by atoms with E-state index in [1.54, 1.807) is 4.90 Å². The summed E-state index contributed by atoms with van der Waals surface area (Å²) < 4.78 is 1.84. The monoisotopic (exact) mass is 514 g/mol. The van der Waals surface area contributed by atoms with Gasteiger partial charge in [-0.1, -0.05) is 69.1 Å². The molecule has 1 unspecified atom stereocenters. The Bertz CT molecular complexity index is 1010. The lowest BCUT2D eigenvalue weighted by molar-refractivity contribution is 0.0307. The van der Waals surface area contributed by atoms with E-state index in [1.807, 2.05) is 85.8 Å². The van der Waals surface area contributed by atoms with Crippen LogP contribution in [0, 0.1) is 0 Å². The van der Waals surface area contributed by atoms with Crippen LogP contribution in [0.15, 0.2) is 87.8 Å². The third kappa shape index (κ3) is 3.39. The summed E-state index contributed by atoms with van der Waals surface area (Å²) in [5, 5.41) is 12.1. The van der Waals surface area contributed by atoms with Gasteiger partial charge in [0.1, 0.15) is 0 Å². The number of nitrogens with zero attached hydrogens (tertiary/aromatic N) is 2. The smallest absolute Gasteiger partial charge is 0.332 e. The number of urea groups is 1. The molecule has 29 heavy (non-hydrogen) atoms. The number of carbonyl (C=O) groups is 1. The highest BCUT2D eigenvalue weighted by atomic mass is 79.9. The molecule has 1 N–H and O–H groups in total. The molecule has 1 heterocycles. The minimum atomic E-state index is -1.51. The average Bonchev–Trinajstić information content (AvgIpc) is 2.97. The average molecular weight is 516 g/mol. The molecule has 0 bridgehead atoms. The van der Waals surface area contributed by atoms with E-state index in [4.69, 9.17) is 0 Å². The first-order valence-corrected chi connectivity index (χ1v) is 11.0. The topological polar surface area (TPSA) is 43.8 Å². The first-order chi connectivity index (χ1) is 14.0. The van der Waals surface area contributed by atoms with Crippen LogP contribution in [0.5, 0.6) is 0 Å². The van der Waals surface area contributed by atoms with E-state index in [2.05, 4.69) is 31.9 Å². The minimum absolute atomic E-state index is 0.257. The second-order valence-electron chi connectivity index (χ2n) is 6.96. The lowest BCUT2D eigenvalue weighted by Crippen LogP contribution is -2.49. The van der Waals surface area contributed by atoms with Crippen molar-refractivity contribution >= 4 is 49.3 Å². The van der Waals surface area contributed by atoms with Crippen molar-refractivity contribution in [2.45, 2.75) is 25.1 Å². The van der Waals surface area contributed by atoms with E-state index >= 15 is 0 Å². The largest absolute Gasteiger partial charge is 0.365 e. The Morgan fingerprint density at radius 1 is 0.862 bits per heavy atom. The van der Waals surface area contributed by atoms with Gasteiger partial charge in [-0.3, -0.25) is 9.80 Å². The summed E-state index contributed by atoms with van der Waals surface area (Å²) in [7, 11) is 0. The van der Waals surface area contributed by atoms with Crippen molar-refractivity contribution in [2.24, 2.45) is 0 Å².